The molecule has 0 radical (unpaired) electrons. The second-order valence-corrected chi connectivity index (χ2v) is 8.43. The maximum Gasteiger partial charge on any atom is 0.312 e. The first-order valence-corrected chi connectivity index (χ1v) is 11.1. The van der Waals surface area contributed by atoms with Crippen LogP contribution in [0.4, 0.5) is 4.39 Å². The number of hydrogen-bond acceptors (Lipinski definition) is 7. The Morgan fingerprint density at radius 2 is 1.72 bits per heavy atom. The van der Waals surface area contributed by atoms with Gasteiger partial charge >= 0.3 is 5.97 Å². The van der Waals surface area contributed by atoms with Gasteiger partial charge in [0, 0.05) is 22.6 Å². The maximum atomic E-state index is 14.4. The predicted molar refractivity (Wildman–Crippen MR) is 129 cm³/mol. The van der Waals surface area contributed by atoms with E-state index in [1.165, 1.54) is 50.0 Å². The minimum atomic E-state index is -0.792. The van der Waals surface area contributed by atoms with Crippen LogP contribution in [-0.2, 0) is 4.79 Å². The minimum absolute atomic E-state index is 0.0576. The lowest BCUT2D eigenvalue weighted by Gasteiger charge is -2.25. The van der Waals surface area contributed by atoms with Gasteiger partial charge in [-0.15, -0.1) is 0 Å². The number of ether oxygens (including phenoxy) is 2. The molecule has 0 saturated carbocycles. The average molecular weight is 484 g/mol. The Hall–Kier alpha value is -4.72. The molecule has 6 rings (SSSR count). The topological polar surface area (TPSA) is 96.0 Å². The summed E-state index contributed by atoms with van der Waals surface area (Å²) in [6, 6.07) is 13.7. The Labute approximate surface area is 202 Å². The molecule has 3 aromatic carbocycles. The highest BCUT2D eigenvalue weighted by Crippen LogP contribution is 2.42. The van der Waals surface area contributed by atoms with Crippen molar-refractivity contribution in [3.63, 3.8) is 0 Å². The SMILES string of the molecule is COc1ccc2occ([C@H]3CC(=O)Oc4ccc5c(=O)c(-c6ccccc6F)coc5c43)c(=O)c2c1. The van der Waals surface area contributed by atoms with Crippen LogP contribution >= 0.6 is 0 Å². The molecule has 0 fully saturated rings. The third kappa shape index (κ3) is 3.30. The zero-order valence-corrected chi connectivity index (χ0v) is 18.9. The first-order chi connectivity index (χ1) is 17.5. The van der Waals surface area contributed by atoms with Crippen LogP contribution in [0.2, 0.25) is 0 Å². The van der Waals surface area contributed by atoms with Gasteiger partial charge in [-0.1, -0.05) is 18.2 Å². The van der Waals surface area contributed by atoms with Crippen LogP contribution in [0, 0.1) is 5.82 Å². The van der Waals surface area contributed by atoms with E-state index in [4.69, 9.17) is 18.3 Å². The molecular formula is C28H17FO7. The van der Waals surface area contributed by atoms with Crippen molar-refractivity contribution < 1.29 is 27.5 Å². The zero-order valence-electron chi connectivity index (χ0n) is 18.9. The van der Waals surface area contributed by atoms with Crippen molar-refractivity contribution in [1.29, 1.82) is 0 Å². The molecule has 5 aromatic rings. The summed E-state index contributed by atoms with van der Waals surface area (Å²) < 4.78 is 36.6. The fraction of sp³-hybridized carbons (Fsp3) is 0.107. The molecule has 178 valence electrons. The molecule has 1 atom stereocenters. The highest BCUT2D eigenvalue weighted by atomic mass is 19.1. The maximum absolute atomic E-state index is 14.4. The highest BCUT2D eigenvalue weighted by molar-refractivity contribution is 5.90. The fourth-order valence-electron chi connectivity index (χ4n) is 4.68. The molecule has 0 spiro atoms. The van der Waals surface area contributed by atoms with E-state index in [-0.39, 0.29) is 50.6 Å². The molecule has 8 heteroatoms. The molecule has 0 amide bonds. The molecule has 0 unspecified atom stereocenters. The Morgan fingerprint density at radius 1 is 0.889 bits per heavy atom. The van der Waals surface area contributed by atoms with Gasteiger partial charge in [0.05, 0.1) is 36.1 Å². The van der Waals surface area contributed by atoms with Gasteiger partial charge in [-0.2, -0.15) is 0 Å². The summed E-state index contributed by atoms with van der Waals surface area (Å²) in [4.78, 5) is 39.3. The Morgan fingerprint density at radius 3 is 2.53 bits per heavy atom. The van der Waals surface area contributed by atoms with Gasteiger partial charge in [-0.3, -0.25) is 14.4 Å². The van der Waals surface area contributed by atoms with Gasteiger partial charge in [0.1, 0.15) is 34.7 Å². The minimum Gasteiger partial charge on any atom is -0.497 e. The number of carbonyl (C=O) groups is 1. The normalized spacial score (nSPS) is 15.1. The van der Waals surface area contributed by atoms with Crippen LogP contribution in [-0.4, -0.2) is 13.1 Å². The van der Waals surface area contributed by atoms with Gasteiger partial charge < -0.3 is 18.3 Å². The van der Waals surface area contributed by atoms with Crippen molar-refractivity contribution in [2.45, 2.75) is 12.3 Å². The Balaban J connectivity index is 1.60. The van der Waals surface area contributed by atoms with Crippen molar-refractivity contribution in [1.82, 2.24) is 0 Å². The summed E-state index contributed by atoms with van der Waals surface area (Å²) in [6.07, 6.45) is 2.34. The third-order valence-electron chi connectivity index (χ3n) is 6.43. The van der Waals surface area contributed by atoms with E-state index in [1.807, 2.05) is 0 Å². The lowest BCUT2D eigenvalue weighted by Crippen LogP contribution is -2.25. The first kappa shape index (κ1) is 21.8. The summed E-state index contributed by atoms with van der Waals surface area (Å²) in [5.74, 6) is -1.23. The van der Waals surface area contributed by atoms with E-state index in [9.17, 15) is 18.8 Å². The largest absolute Gasteiger partial charge is 0.497 e. The smallest absolute Gasteiger partial charge is 0.312 e. The molecule has 1 aliphatic heterocycles. The van der Waals surface area contributed by atoms with E-state index in [2.05, 4.69) is 0 Å². The number of fused-ring (bicyclic) bond motifs is 4. The lowest BCUT2D eigenvalue weighted by molar-refractivity contribution is -0.135. The van der Waals surface area contributed by atoms with Gasteiger partial charge in [0.2, 0.25) is 5.43 Å². The van der Waals surface area contributed by atoms with Gasteiger partial charge in [-0.05, 0) is 36.4 Å². The van der Waals surface area contributed by atoms with Crippen LogP contribution in [0.15, 0.2) is 85.5 Å². The van der Waals surface area contributed by atoms with Crippen LogP contribution in [0.1, 0.15) is 23.5 Å². The summed E-state index contributed by atoms with van der Waals surface area (Å²) >= 11 is 0. The van der Waals surface area contributed by atoms with Crippen LogP contribution in [0.5, 0.6) is 11.5 Å². The van der Waals surface area contributed by atoms with E-state index in [1.54, 1.807) is 24.3 Å². The lowest BCUT2D eigenvalue weighted by atomic mass is 9.85. The molecule has 36 heavy (non-hydrogen) atoms. The molecule has 0 N–H and O–H groups in total. The average Bonchev–Trinajstić information content (AvgIpc) is 2.89. The quantitative estimate of drug-likeness (QED) is 0.258. The van der Waals surface area contributed by atoms with Crippen molar-refractivity contribution in [2.75, 3.05) is 7.11 Å². The summed E-state index contributed by atoms with van der Waals surface area (Å²) in [5.41, 5.74) is 0.474. The first-order valence-electron chi connectivity index (χ1n) is 11.1. The number of halogens is 1. The van der Waals surface area contributed by atoms with Crippen LogP contribution in [0.25, 0.3) is 33.1 Å². The monoisotopic (exact) mass is 484 g/mol. The summed E-state index contributed by atoms with van der Waals surface area (Å²) in [6.45, 7) is 0. The zero-order chi connectivity index (χ0) is 25.0. The van der Waals surface area contributed by atoms with Gasteiger partial charge in [0.25, 0.3) is 0 Å². The Kier molecular flexibility index (Phi) is 4.96. The molecule has 0 saturated heterocycles. The van der Waals surface area contributed by atoms with Crippen LogP contribution < -0.4 is 20.3 Å². The van der Waals surface area contributed by atoms with Gasteiger partial charge in [-0.25, -0.2) is 4.39 Å². The third-order valence-corrected chi connectivity index (χ3v) is 6.43. The molecule has 0 bridgehead atoms. The Bertz CT molecular complexity index is 1820. The molecule has 2 aromatic heterocycles. The van der Waals surface area contributed by atoms with Crippen LogP contribution in [0.3, 0.4) is 0 Å². The van der Waals surface area contributed by atoms with Crippen molar-refractivity contribution in [2.24, 2.45) is 0 Å². The van der Waals surface area contributed by atoms with E-state index >= 15 is 0 Å². The fourth-order valence-corrected chi connectivity index (χ4v) is 4.68. The molecule has 3 heterocycles. The van der Waals surface area contributed by atoms with Crippen molar-refractivity contribution >= 4 is 27.9 Å². The van der Waals surface area contributed by atoms with Gasteiger partial charge in [0.15, 0.2) is 5.43 Å². The number of esters is 1. The molecule has 0 aliphatic carbocycles. The number of benzene rings is 3. The molecular weight excluding hydrogens is 467 g/mol. The standard InChI is InChI=1S/C28H17FO7/c1-33-14-6-8-22-18(10-14)27(32)20(12-34-22)17-11-24(30)36-23-9-7-16-26(31)19(13-35-28(16)25(17)23)15-4-2-3-5-21(15)29/h2-10,12-13,17H,11H2,1H3/t17-/m1/s1. The molecule has 1 aliphatic rings. The summed E-state index contributed by atoms with van der Waals surface area (Å²) in [7, 11) is 1.49. The number of hydrogen-bond donors (Lipinski definition) is 0. The van der Waals surface area contributed by atoms with Crippen molar-refractivity contribution in [3.05, 3.63) is 105 Å². The highest BCUT2D eigenvalue weighted by Gasteiger charge is 2.34. The van der Waals surface area contributed by atoms with Crippen molar-refractivity contribution in [3.8, 4) is 22.6 Å². The predicted octanol–water partition coefficient (Wildman–Crippen LogP) is 5.16. The number of methoxy groups -OCH3 is 1. The number of carbonyl (C=O) groups excluding carboxylic acids is 1. The number of rotatable bonds is 3. The van der Waals surface area contributed by atoms with E-state index < -0.39 is 23.1 Å². The second kappa shape index (κ2) is 8.20. The van der Waals surface area contributed by atoms with E-state index in [0.717, 1.165) is 0 Å². The van der Waals surface area contributed by atoms with E-state index in [0.29, 0.717) is 16.9 Å². The summed E-state index contributed by atoms with van der Waals surface area (Å²) in [5, 5.41) is 0.458. The molecule has 7 nitrogen and oxygen atoms in total. The second-order valence-electron chi connectivity index (χ2n) is 8.43.